The number of ether oxygens (including phenoxy) is 1. The highest BCUT2D eigenvalue weighted by Crippen LogP contribution is 2.27. The summed E-state index contributed by atoms with van der Waals surface area (Å²) in [4.78, 5) is 38.9. The van der Waals surface area contributed by atoms with Gasteiger partial charge >= 0.3 is 5.97 Å². The first kappa shape index (κ1) is 20.1. The van der Waals surface area contributed by atoms with E-state index in [2.05, 4.69) is 5.32 Å². The van der Waals surface area contributed by atoms with Crippen LogP contribution in [0, 0.1) is 0 Å². The van der Waals surface area contributed by atoms with Crippen LogP contribution in [0.3, 0.4) is 0 Å². The lowest BCUT2D eigenvalue weighted by molar-refractivity contribution is -0.146. The molecule has 3 rings (SSSR count). The number of nitrogens with zero attached hydrogens (tertiary/aromatic N) is 1. The van der Waals surface area contributed by atoms with Crippen LogP contribution in [-0.4, -0.2) is 37.0 Å². The second-order valence-electron chi connectivity index (χ2n) is 6.71. The van der Waals surface area contributed by atoms with Crippen molar-refractivity contribution >= 4 is 34.8 Å². The third-order valence-electron chi connectivity index (χ3n) is 4.74. The van der Waals surface area contributed by atoms with Gasteiger partial charge in [0.2, 0.25) is 0 Å². The first-order valence-corrected chi connectivity index (χ1v) is 10.4. The Morgan fingerprint density at radius 3 is 2.46 bits per heavy atom. The van der Waals surface area contributed by atoms with Crippen LogP contribution in [0.15, 0.2) is 47.8 Å². The van der Waals surface area contributed by atoms with Crippen LogP contribution < -0.4 is 10.2 Å². The highest BCUT2D eigenvalue weighted by atomic mass is 32.1. The number of para-hydroxylation sites is 1. The summed E-state index contributed by atoms with van der Waals surface area (Å²) in [5.74, 6) is -1.20. The smallest absolute Gasteiger partial charge is 0.325 e. The summed E-state index contributed by atoms with van der Waals surface area (Å²) >= 11 is 1.29. The van der Waals surface area contributed by atoms with E-state index in [9.17, 15) is 14.4 Å². The second-order valence-corrected chi connectivity index (χ2v) is 7.66. The third kappa shape index (κ3) is 5.42. The minimum absolute atomic E-state index is 0.126. The van der Waals surface area contributed by atoms with Crippen molar-refractivity contribution in [3.05, 3.63) is 52.7 Å². The highest BCUT2D eigenvalue weighted by Gasteiger charge is 2.27. The zero-order valence-electron chi connectivity index (χ0n) is 15.6. The number of carbonyl (C=O) groups excluding carboxylic acids is 3. The summed E-state index contributed by atoms with van der Waals surface area (Å²) in [7, 11) is 0. The molecule has 1 N–H and O–H groups in total. The number of hydrogen-bond acceptors (Lipinski definition) is 5. The van der Waals surface area contributed by atoms with Gasteiger partial charge in [0.1, 0.15) is 6.54 Å². The van der Waals surface area contributed by atoms with Crippen LogP contribution in [0.25, 0.3) is 0 Å². The first-order valence-electron chi connectivity index (χ1n) is 9.49. The minimum Gasteiger partial charge on any atom is -0.454 e. The number of rotatable bonds is 7. The Bertz CT molecular complexity index is 786. The van der Waals surface area contributed by atoms with Crippen molar-refractivity contribution in [2.45, 2.75) is 38.1 Å². The van der Waals surface area contributed by atoms with Crippen LogP contribution in [0.2, 0.25) is 0 Å². The zero-order chi connectivity index (χ0) is 19.8. The molecule has 2 amide bonds. The van der Waals surface area contributed by atoms with Crippen molar-refractivity contribution in [3.8, 4) is 0 Å². The normalized spacial score (nSPS) is 14.3. The Morgan fingerprint density at radius 1 is 1.04 bits per heavy atom. The van der Waals surface area contributed by atoms with Gasteiger partial charge < -0.3 is 15.0 Å². The number of nitrogens with one attached hydrogen (secondary N) is 1. The van der Waals surface area contributed by atoms with Crippen molar-refractivity contribution in [1.29, 1.82) is 0 Å². The number of thiophene rings is 1. The Hall–Kier alpha value is -2.67. The third-order valence-corrected chi connectivity index (χ3v) is 5.61. The monoisotopic (exact) mass is 400 g/mol. The lowest BCUT2D eigenvalue weighted by atomic mass is 9.93. The molecule has 1 heterocycles. The maximum absolute atomic E-state index is 12.8. The number of benzene rings is 1. The molecule has 0 aliphatic heterocycles. The fraction of sp³-hybridized carbons (Fsp3) is 0.381. The van der Waals surface area contributed by atoms with Gasteiger partial charge in [-0.05, 0) is 36.4 Å². The van der Waals surface area contributed by atoms with Crippen LogP contribution in [0.4, 0.5) is 5.69 Å². The Balaban J connectivity index is 1.54. The Kier molecular flexibility index (Phi) is 7.19. The molecule has 0 saturated heterocycles. The summed E-state index contributed by atoms with van der Waals surface area (Å²) < 4.78 is 5.12. The molecule has 1 aromatic heterocycles. The summed E-state index contributed by atoms with van der Waals surface area (Å²) in [6, 6.07) is 13.1. The quantitative estimate of drug-likeness (QED) is 0.723. The van der Waals surface area contributed by atoms with Crippen LogP contribution in [0.5, 0.6) is 0 Å². The molecule has 148 valence electrons. The molecule has 1 aromatic carbocycles. The standard InChI is InChI=1S/C21H24N2O4S/c24-19(15-27-20(25)14-22-21(26)18-12-7-13-28-18)23(16-8-3-1-4-9-16)17-10-5-2-6-11-17/h1,3-4,7-9,12-13,17H,2,5-6,10-11,14-15H2,(H,22,26). The molecule has 1 fully saturated rings. The topological polar surface area (TPSA) is 75.7 Å². The van der Waals surface area contributed by atoms with E-state index in [1.165, 1.54) is 17.8 Å². The second kappa shape index (κ2) is 10.0. The maximum atomic E-state index is 12.8. The van der Waals surface area contributed by atoms with E-state index in [4.69, 9.17) is 4.74 Å². The lowest BCUT2D eigenvalue weighted by Gasteiger charge is -2.34. The van der Waals surface area contributed by atoms with E-state index in [-0.39, 0.29) is 31.0 Å². The van der Waals surface area contributed by atoms with E-state index >= 15 is 0 Å². The molecule has 1 aliphatic rings. The van der Waals surface area contributed by atoms with Crippen molar-refractivity contribution in [3.63, 3.8) is 0 Å². The Morgan fingerprint density at radius 2 is 1.79 bits per heavy atom. The predicted molar refractivity (Wildman–Crippen MR) is 108 cm³/mol. The molecule has 1 saturated carbocycles. The molecular formula is C21H24N2O4S. The van der Waals surface area contributed by atoms with Crippen molar-refractivity contribution in [1.82, 2.24) is 5.32 Å². The van der Waals surface area contributed by atoms with Gasteiger partial charge in [0.05, 0.1) is 4.88 Å². The molecular weight excluding hydrogens is 376 g/mol. The predicted octanol–water partition coefficient (Wildman–Crippen LogP) is 3.39. The van der Waals surface area contributed by atoms with Gasteiger partial charge in [-0.2, -0.15) is 0 Å². The zero-order valence-corrected chi connectivity index (χ0v) is 16.5. The van der Waals surface area contributed by atoms with Gasteiger partial charge in [-0.25, -0.2) is 0 Å². The summed E-state index contributed by atoms with van der Waals surface area (Å²) in [5.41, 5.74) is 0.821. The molecule has 0 radical (unpaired) electrons. The molecule has 0 unspecified atom stereocenters. The number of esters is 1. The Labute approximate surface area is 168 Å². The van der Waals surface area contributed by atoms with Gasteiger partial charge in [-0.3, -0.25) is 14.4 Å². The van der Waals surface area contributed by atoms with E-state index in [1.807, 2.05) is 30.3 Å². The summed E-state index contributed by atoms with van der Waals surface area (Å²) in [6.07, 6.45) is 5.27. The summed E-state index contributed by atoms with van der Waals surface area (Å²) in [5, 5.41) is 4.29. The van der Waals surface area contributed by atoms with Gasteiger partial charge in [0, 0.05) is 11.7 Å². The van der Waals surface area contributed by atoms with Crippen LogP contribution in [0.1, 0.15) is 41.8 Å². The molecule has 28 heavy (non-hydrogen) atoms. The van der Waals surface area contributed by atoms with Gasteiger partial charge in [0.25, 0.3) is 11.8 Å². The first-order chi connectivity index (χ1) is 13.6. The summed E-state index contributed by atoms with van der Waals surface area (Å²) in [6.45, 7) is -0.599. The molecule has 0 spiro atoms. The highest BCUT2D eigenvalue weighted by molar-refractivity contribution is 7.12. The number of anilines is 1. The van der Waals surface area contributed by atoms with Crippen molar-refractivity contribution in [2.24, 2.45) is 0 Å². The van der Waals surface area contributed by atoms with Gasteiger partial charge in [-0.15, -0.1) is 11.3 Å². The SMILES string of the molecule is O=C(CNC(=O)c1cccs1)OCC(=O)N(c1ccccc1)C1CCCCC1. The lowest BCUT2D eigenvalue weighted by Crippen LogP contribution is -2.44. The number of amides is 2. The van der Waals surface area contributed by atoms with Gasteiger partial charge in [0.15, 0.2) is 6.61 Å². The molecule has 6 nitrogen and oxygen atoms in total. The largest absolute Gasteiger partial charge is 0.454 e. The fourth-order valence-corrected chi connectivity index (χ4v) is 4.04. The molecule has 2 aromatic rings. The van der Waals surface area contributed by atoms with E-state index in [0.717, 1.165) is 31.4 Å². The molecule has 0 bridgehead atoms. The van der Waals surface area contributed by atoms with Crippen LogP contribution in [-0.2, 0) is 14.3 Å². The minimum atomic E-state index is -0.630. The number of carbonyl (C=O) groups is 3. The van der Waals surface area contributed by atoms with E-state index < -0.39 is 5.97 Å². The van der Waals surface area contributed by atoms with E-state index in [0.29, 0.717) is 4.88 Å². The molecule has 0 atom stereocenters. The van der Waals surface area contributed by atoms with Crippen molar-refractivity contribution < 1.29 is 19.1 Å². The van der Waals surface area contributed by atoms with Gasteiger partial charge in [-0.1, -0.05) is 43.5 Å². The average molecular weight is 401 g/mol. The number of hydrogen-bond donors (Lipinski definition) is 1. The molecule has 7 heteroatoms. The van der Waals surface area contributed by atoms with Crippen LogP contribution >= 0.6 is 11.3 Å². The van der Waals surface area contributed by atoms with E-state index in [1.54, 1.807) is 22.4 Å². The fourth-order valence-electron chi connectivity index (χ4n) is 3.40. The average Bonchev–Trinajstić information content (AvgIpc) is 3.27. The van der Waals surface area contributed by atoms with Crippen molar-refractivity contribution in [2.75, 3.05) is 18.1 Å². The molecule has 1 aliphatic carbocycles. The maximum Gasteiger partial charge on any atom is 0.325 e.